The van der Waals surface area contributed by atoms with Crippen molar-refractivity contribution in [2.45, 2.75) is 6.42 Å². The van der Waals surface area contributed by atoms with E-state index in [1.165, 1.54) is 0 Å². The number of nitrogens with one attached hydrogen (secondary N) is 2. The first-order chi connectivity index (χ1) is 6.85. The average molecular weight is 202 g/mol. The summed E-state index contributed by atoms with van der Waals surface area (Å²) in [6, 6.07) is 0. The first-order valence-corrected chi connectivity index (χ1v) is 5.10. The zero-order chi connectivity index (χ0) is 10.6. The molecule has 0 bridgehead atoms. The fourth-order valence-electron chi connectivity index (χ4n) is 1.19. The molecule has 0 saturated heterocycles. The Hall–Kier alpha value is -0.490. The van der Waals surface area contributed by atoms with Gasteiger partial charge in [-0.3, -0.25) is 0 Å². The maximum absolute atomic E-state index is 10.4. The van der Waals surface area contributed by atoms with Crippen LogP contribution >= 0.6 is 0 Å². The first-order valence-electron chi connectivity index (χ1n) is 5.10. The van der Waals surface area contributed by atoms with E-state index in [0.29, 0.717) is 25.4 Å². The Morgan fingerprint density at radius 1 is 1.07 bits per heavy atom. The average Bonchev–Trinajstić information content (AvgIpc) is 2.18. The number of nitrogens with two attached hydrogens (primary N) is 2. The molecule has 0 saturated carbocycles. The minimum absolute atomic E-state index is 0.339. The van der Waals surface area contributed by atoms with Crippen molar-refractivity contribution in [2.24, 2.45) is 17.4 Å². The van der Waals surface area contributed by atoms with Crippen LogP contribution in [-0.2, 0) is 4.79 Å². The largest absolute Gasteiger partial charge is 0.329 e. The maximum atomic E-state index is 10.4. The molecular formula is C9H22N4O. The molecule has 0 atom stereocenters. The number of hydrogen-bond acceptors (Lipinski definition) is 5. The zero-order valence-corrected chi connectivity index (χ0v) is 8.67. The SMILES string of the molecule is NCCNCC(CC=O)CNCCN. The maximum Gasteiger partial charge on any atom is 0.120 e. The summed E-state index contributed by atoms with van der Waals surface area (Å²) in [4.78, 5) is 10.4. The second kappa shape index (κ2) is 10.6. The number of aldehydes is 1. The number of carbonyl (C=O) groups excluding carboxylic acids is 1. The van der Waals surface area contributed by atoms with Gasteiger partial charge in [-0.25, -0.2) is 0 Å². The van der Waals surface area contributed by atoms with E-state index in [1.807, 2.05) is 0 Å². The van der Waals surface area contributed by atoms with Crippen LogP contribution in [0.15, 0.2) is 0 Å². The number of carbonyl (C=O) groups is 1. The van der Waals surface area contributed by atoms with Crippen LogP contribution in [0.4, 0.5) is 0 Å². The fraction of sp³-hybridized carbons (Fsp3) is 0.889. The van der Waals surface area contributed by atoms with Crippen LogP contribution in [0.2, 0.25) is 0 Å². The Balaban J connectivity index is 3.49. The van der Waals surface area contributed by atoms with E-state index in [2.05, 4.69) is 10.6 Å². The van der Waals surface area contributed by atoms with E-state index < -0.39 is 0 Å². The molecule has 0 aromatic rings. The van der Waals surface area contributed by atoms with Crippen molar-refractivity contribution in [3.63, 3.8) is 0 Å². The van der Waals surface area contributed by atoms with Gasteiger partial charge in [-0.2, -0.15) is 0 Å². The molecule has 5 heteroatoms. The summed E-state index contributed by atoms with van der Waals surface area (Å²) in [5.41, 5.74) is 10.7. The molecule has 0 unspecified atom stereocenters. The predicted molar refractivity (Wildman–Crippen MR) is 58.0 cm³/mol. The lowest BCUT2D eigenvalue weighted by Gasteiger charge is -2.15. The normalized spacial score (nSPS) is 10.8. The second-order valence-electron chi connectivity index (χ2n) is 3.25. The molecule has 0 rings (SSSR count). The van der Waals surface area contributed by atoms with Crippen molar-refractivity contribution in [3.05, 3.63) is 0 Å². The number of hydrogen-bond donors (Lipinski definition) is 4. The van der Waals surface area contributed by atoms with Gasteiger partial charge in [0, 0.05) is 32.6 Å². The van der Waals surface area contributed by atoms with Gasteiger partial charge >= 0.3 is 0 Å². The lowest BCUT2D eigenvalue weighted by atomic mass is 10.1. The quantitative estimate of drug-likeness (QED) is 0.250. The van der Waals surface area contributed by atoms with E-state index in [1.54, 1.807) is 0 Å². The van der Waals surface area contributed by atoms with E-state index >= 15 is 0 Å². The molecule has 84 valence electrons. The summed E-state index contributed by atoms with van der Waals surface area (Å²) in [5.74, 6) is 0.339. The van der Waals surface area contributed by atoms with Crippen molar-refractivity contribution in [3.8, 4) is 0 Å². The molecular weight excluding hydrogens is 180 g/mol. The van der Waals surface area contributed by atoms with Gasteiger partial charge in [0.25, 0.3) is 0 Å². The van der Waals surface area contributed by atoms with Crippen LogP contribution < -0.4 is 22.1 Å². The van der Waals surface area contributed by atoms with Crippen molar-refractivity contribution in [2.75, 3.05) is 39.3 Å². The van der Waals surface area contributed by atoms with E-state index in [0.717, 1.165) is 32.5 Å². The highest BCUT2D eigenvalue weighted by molar-refractivity contribution is 5.49. The molecule has 0 amide bonds. The van der Waals surface area contributed by atoms with Crippen molar-refractivity contribution >= 4 is 6.29 Å². The van der Waals surface area contributed by atoms with E-state index in [-0.39, 0.29) is 0 Å². The predicted octanol–water partition coefficient (Wildman–Crippen LogP) is -1.71. The van der Waals surface area contributed by atoms with Crippen LogP contribution in [0.25, 0.3) is 0 Å². The van der Waals surface area contributed by atoms with Crippen molar-refractivity contribution in [1.82, 2.24) is 10.6 Å². The minimum Gasteiger partial charge on any atom is -0.329 e. The zero-order valence-electron chi connectivity index (χ0n) is 8.67. The Bertz CT molecular complexity index is 122. The Morgan fingerprint density at radius 3 is 1.93 bits per heavy atom. The van der Waals surface area contributed by atoms with Crippen molar-refractivity contribution < 1.29 is 4.79 Å². The molecule has 0 aromatic heterocycles. The van der Waals surface area contributed by atoms with Crippen LogP contribution in [-0.4, -0.2) is 45.6 Å². The molecule has 5 nitrogen and oxygen atoms in total. The van der Waals surface area contributed by atoms with Crippen LogP contribution in [0.1, 0.15) is 6.42 Å². The third-order valence-electron chi connectivity index (χ3n) is 1.94. The Morgan fingerprint density at radius 2 is 1.57 bits per heavy atom. The molecule has 0 heterocycles. The van der Waals surface area contributed by atoms with Crippen LogP contribution in [0.3, 0.4) is 0 Å². The van der Waals surface area contributed by atoms with Gasteiger partial charge in [-0.1, -0.05) is 0 Å². The highest BCUT2D eigenvalue weighted by Gasteiger charge is 2.06. The summed E-state index contributed by atoms with van der Waals surface area (Å²) in [6.07, 6.45) is 1.54. The van der Waals surface area contributed by atoms with Crippen molar-refractivity contribution in [1.29, 1.82) is 0 Å². The van der Waals surface area contributed by atoms with Gasteiger partial charge in [0.2, 0.25) is 0 Å². The van der Waals surface area contributed by atoms with Gasteiger partial charge in [0.15, 0.2) is 0 Å². The molecule has 0 aromatic carbocycles. The highest BCUT2D eigenvalue weighted by atomic mass is 16.1. The lowest BCUT2D eigenvalue weighted by Crippen LogP contribution is -2.35. The third kappa shape index (κ3) is 8.12. The Kier molecular flexibility index (Phi) is 10.2. The lowest BCUT2D eigenvalue weighted by molar-refractivity contribution is -0.108. The molecule has 6 N–H and O–H groups in total. The summed E-state index contributed by atoms with van der Waals surface area (Å²) in [5, 5.41) is 6.38. The molecule has 0 aliphatic rings. The van der Waals surface area contributed by atoms with E-state index in [4.69, 9.17) is 11.5 Å². The summed E-state index contributed by atoms with van der Waals surface area (Å²) in [7, 11) is 0. The third-order valence-corrected chi connectivity index (χ3v) is 1.94. The molecule has 0 aliphatic heterocycles. The molecule has 14 heavy (non-hydrogen) atoms. The van der Waals surface area contributed by atoms with Gasteiger partial charge < -0.3 is 26.9 Å². The second-order valence-corrected chi connectivity index (χ2v) is 3.25. The molecule has 0 fully saturated rings. The molecule has 0 aliphatic carbocycles. The topological polar surface area (TPSA) is 93.2 Å². The van der Waals surface area contributed by atoms with Gasteiger partial charge in [-0.15, -0.1) is 0 Å². The summed E-state index contributed by atoms with van der Waals surface area (Å²) < 4.78 is 0. The highest BCUT2D eigenvalue weighted by Crippen LogP contribution is 1.96. The van der Waals surface area contributed by atoms with Crippen LogP contribution in [0, 0.1) is 5.92 Å². The van der Waals surface area contributed by atoms with E-state index in [9.17, 15) is 4.79 Å². The molecule has 0 spiro atoms. The molecule has 0 radical (unpaired) electrons. The van der Waals surface area contributed by atoms with Gasteiger partial charge in [0.1, 0.15) is 6.29 Å². The van der Waals surface area contributed by atoms with Crippen LogP contribution in [0.5, 0.6) is 0 Å². The monoisotopic (exact) mass is 202 g/mol. The number of rotatable bonds is 10. The smallest absolute Gasteiger partial charge is 0.120 e. The summed E-state index contributed by atoms with van der Waals surface area (Å²) >= 11 is 0. The standard InChI is InChI=1S/C9H22N4O/c10-2-4-12-7-9(1-6-14)8-13-5-3-11/h6,9,12-13H,1-5,7-8,10-11H2. The fourth-order valence-corrected chi connectivity index (χ4v) is 1.19. The first kappa shape index (κ1) is 13.5. The minimum atomic E-state index is 0.339. The van der Waals surface area contributed by atoms with Gasteiger partial charge in [-0.05, 0) is 19.0 Å². The Labute approximate surface area is 85.6 Å². The van der Waals surface area contributed by atoms with Gasteiger partial charge in [0.05, 0.1) is 0 Å². The summed E-state index contributed by atoms with van der Waals surface area (Å²) in [6.45, 7) is 4.51.